The Morgan fingerprint density at radius 1 is 0.514 bits per heavy atom. The van der Waals surface area contributed by atoms with Crippen LogP contribution in [0, 0.1) is 11.8 Å². The van der Waals surface area contributed by atoms with E-state index in [9.17, 15) is 9.59 Å². The number of thioether (sulfide) groups is 5. The Hall–Kier alpha value is -3.85. The molecule has 3 aliphatic heterocycles. The van der Waals surface area contributed by atoms with Crippen molar-refractivity contribution in [1.29, 1.82) is 0 Å². The van der Waals surface area contributed by atoms with Gasteiger partial charge in [0.25, 0.3) is 0 Å². The smallest absolute Gasteiger partial charge is 0.331 e. The number of benzene rings is 6. The maximum atomic E-state index is 13.0. The minimum Gasteiger partial charge on any atom is -0.457 e. The van der Waals surface area contributed by atoms with Gasteiger partial charge in [-0.25, -0.2) is 9.59 Å². The van der Waals surface area contributed by atoms with Gasteiger partial charge in [-0.05, 0) is 71.9 Å². The van der Waals surface area contributed by atoms with Crippen molar-refractivity contribution in [1.82, 2.24) is 0 Å². The van der Waals surface area contributed by atoms with Crippen molar-refractivity contribution in [2.24, 2.45) is 11.8 Å². The lowest BCUT2D eigenvalue weighted by Gasteiger charge is -2.46. The van der Waals surface area contributed by atoms with Gasteiger partial charge in [0.05, 0.1) is 9.16 Å². The van der Waals surface area contributed by atoms with Gasteiger partial charge < -0.3 is 9.47 Å². The van der Waals surface area contributed by atoms with E-state index >= 15 is 0 Å². The molecule has 11 unspecified atom stereocenters. The van der Waals surface area contributed by atoms with Crippen molar-refractivity contribution < 1.29 is 19.1 Å². The van der Waals surface area contributed by atoms with E-state index in [0.29, 0.717) is 37.4 Å². The van der Waals surface area contributed by atoms with Crippen molar-refractivity contribution in [2.45, 2.75) is 80.4 Å². The molecule has 6 heterocycles. The molecule has 0 bridgehead atoms. The Kier molecular flexibility index (Phi) is 13.5. The monoisotopic (exact) mass is 1090 g/mol. The van der Waals surface area contributed by atoms with Crippen LogP contribution in [0.15, 0.2) is 153 Å². The Balaban J connectivity index is 0.000000155. The molecule has 9 aromatic rings. The Bertz CT molecular complexity index is 3560. The average molecular weight is 1090 g/mol. The van der Waals surface area contributed by atoms with E-state index in [-0.39, 0.29) is 34.6 Å². The molecule has 0 radical (unpaired) electrons. The van der Waals surface area contributed by atoms with Gasteiger partial charge in [0.2, 0.25) is 0 Å². The largest absolute Gasteiger partial charge is 0.457 e. The summed E-state index contributed by atoms with van der Waals surface area (Å²) in [5, 5.41) is 9.54. The summed E-state index contributed by atoms with van der Waals surface area (Å²) in [6.45, 7) is 7.29. The lowest BCUT2D eigenvalue weighted by atomic mass is 9.61. The highest BCUT2D eigenvalue weighted by Gasteiger charge is 2.57. The molecule has 11 atom stereocenters. The number of carbonyl (C=O) groups is 2. The molecule has 6 aromatic carbocycles. The van der Waals surface area contributed by atoms with Gasteiger partial charge in [-0.1, -0.05) is 135 Å². The molecule has 0 N–H and O–H groups in total. The predicted octanol–water partition coefficient (Wildman–Crippen LogP) is 17.8. The predicted molar refractivity (Wildman–Crippen MR) is 319 cm³/mol. The second kappa shape index (κ2) is 20.4. The zero-order chi connectivity index (χ0) is 48.5. The molecule has 0 amide bonds. The van der Waals surface area contributed by atoms with Crippen molar-refractivity contribution in [3.8, 4) is 0 Å². The zero-order valence-electron chi connectivity index (χ0n) is 39.4. The number of rotatable bonds is 7. The molecule has 72 heavy (non-hydrogen) atoms. The van der Waals surface area contributed by atoms with E-state index in [1.807, 2.05) is 57.5 Å². The normalized spacial score (nSPS) is 28.0. The van der Waals surface area contributed by atoms with Crippen LogP contribution in [0.5, 0.6) is 0 Å². The number of ether oxygens (including phenoxy) is 2. The van der Waals surface area contributed by atoms with Crippen LogP contribution in [0.3, 0.4) is 0 Å². The quantitative estimate of drug-likeness (QED) is 0.115. The Morgan fingerprint density at radius 3 is 1.62 bits per heavy atom. The van der Waals surface area contributed by atoms with Crippen LogP contribution in [0.2, 0.25) is 0 Å². The SMILES string of the molecule is C=CC(=O)OC1C(c2cccc3c2sc2ccccc23)CC(c2cccc3c2sc2ccccc23)C2C3CCCCC3SC12.C=CC(=O)OC1CSC2SC(c3cccc4c3sc3ccccc34)CSC2S1. The molecular formula is C60H52O4S8. The first kappa shape index (κ1) is 47.8. The minimum absolute atomic E-state index is 0.0626. The first-order chi connectivity index (χ1) is 35.4. The second-order valence-corrected chi connectivity index (χ2v) is 29.6. The highest BCUT2D eigenvalue weighted by atomic mass is 32.2. The number of fused-ring (bicyclic) bond motifs is 13. The van der Waals surface area contributed by atoms with E-state index in [1.165, 1.54) is 115 Å². The first-order valence-electron chi connectivity index (χ1n) is 25.0. The van der Waals surface area contributed by atoms with Crippen LogP contribution in [-0.4, -0.2) is 54.6 Å². The lowest BCUT2D eigenvalue weighted by Crippen LogP contribution is -2.46. The highest BCUT2D eigenvalue weighted by molar-refractivity contribution is 8.26. The molecule has 0 spiro atoms. The van der Waals surface area contributed by atoms with E-state index in [1.54, 1.807) is 11.8 Å². The standard InChI is InChI=1S/C39H34O2S3.C21H18O2S5/c1-2-34(40)41-36-30(27-17-10-15-25-23-12-4-7-19-32(23)43-38(25)27)21-29(35-28-13-5-8-20-33(28)44-39(35)36)26-16-9-14-24-22-11-3-6-18-31(22)42-37(24)26;1-2-17(22)23-18-11-25-20-21(28-18)24-10-16(27-20)14-8-5-7-13-12-6-3-4-9-15(12)26-19(13)14/h2-4,6-7,9-12,14-19,28-30,33,35-36,39H,1,5,8,13,20-21H2;2-9,16,18,20-21H,1,10-11H2. The molecule has 2 saturated carbocycles. The maximum Gasteiger partial charge on any atom is 0.331 e. The van der Waals surface area contributed by atoms with Gasteiger partial charge in [-0.3, -0.25) is 0 Å². The van der Waals surface area contributed by atoms with E-state index in [0.717, 1.165) is 17.9 Å². The van der Waals surface area contributed by atoms with Crippen molar-refractivity contribution in [3.05, 3.63) is 169 Å². The summed E-state index contributed by atoms with van der Waals surface area (Å²) in [5.74, 6) is 3.00. The maximum absolute atomic E-state index is 13.0. The number of thiophene rings is 3. The van der Waals surface area contributed by atoms with E-state index < -0.39 is 0 Å². The highest BCUT2D eigenvalue weighted by Crippen LogP contribution is 2.64. The summed E-state index contributed by atoms with van der Waals surface area (Å²) in [6, 6.07) is 46.9. The molecule has 3 aromatic heterocycles. The third-order valence-corrected chi connectivity index (χ3v) is 28.3. The van der Waals surface area contributed by atoms with Crippen LogP contribution in [0.1, 0.15) is 65.9 Å². The molecule has 14 rings (SSSR count). The van der Waals surface area contributed by atoms with Gasteiger partial charge in [0.15, 0.2) is 5.44 Å². The summed E-state index contributed by atoms with van der Waals surface area (Å²) in [4.78, 5) is 24.5. The second-order valence-electron chi connectivity index (χ2n) is 19.4. The summed E-state index contributed by atoms with van der Waals surface area (Å²) in [6.07, 6.45) is 8.62. The van der Waals surface area contributed by atoms with Gasteiger partial charge >= 0.3 is 11.9 Å². The van der Waals surface area contributed by atoms with E-state index in [2.05, 4.69) is 164 Å². The lowest BCUT2D eigenvalue weighted by molar-refractivity contribution is -0.146. The average Bonchev–Trinajstić information content (AvgIpc) is 4.22. The molecule has 4 nitrogen and oxygen atoms in total. The third-order valence-electron chi connectivity index (χ3n) is 15.6. The number of carbonyl (C=O) groups excluding carboxylic acids is 2. The van der Waals surface area contributed by atoms with Crippen LogP contribution in [0.25, 0.3) is 60.5 Å². The van der Waals surface area contributed by atoms with Gasteiger partial charge in [0, 0.05) is 106 Å². The van der Waals surface area contributed by atoms with Crippen molar-refractivity contribution in [2.75, 3.05) is 11.5 Å². The number of hydrogen-bond donors (Lipinski definition) is 0. The fraction of sp³-hybridized carbons (Fsp3) is 0.300. The van der Waals surface area contributed by atoms with Crippen LogP contribution in [0.4, 0.5) is 0 Å². The number of hydrogen-bond acceptors (Lipinski definition) is 12. The van der Waals surface area contributed by atoms with Crippen LogP contribution >= 0.6 is 92.8 Å². The fourth-order valence-corrected chi connectivity index (χ4v) is 26.0. The van der Waals surface area contributed by atoms with Gasteiger partial charge in [0.1, 0.15) is 6.10 Å². The number of esters is 2. The Morgan fingerprint density at radius 2 is 1.01 bits per heavy atom. The molecular weight excluding hydrogens is 1040 g/mol. The zero-order valence-corrected chi connectivity index (χ0v) is 45.9. The van der Waals surface area contributed by atoms with Gasteiger partial charge in [-0.2, -0.15) is 11.8 Å². The molecule has 3 saturated heterocycles. The molecule has 12 heteroatoms. The van der Waals surface area contributed by atoms with E-state index in [4.69, 9.17) is 9.47 Å². The third kappa shape index (κ3) is 8.65. The molecule has 364 valence electrons. The van der Waals surface area contributed by atoms with Crippen LogP contribution < -0.4 is 0 Å². The van der Waals surface area contributed by atoms with Gasteiger partial charge in [-0.15, -0.1) is 81.1 Å². The summed E-state index contributed by atoms with van der Waals surface area (Å²) >= 11 is 15.7. The minimum atomic E-state index is -0.320. The summed E-state index contributed by atoms with van der Waals surface area (Å²) < 4.78 is 21.2. The molecule has 2 aliphatic carbocycles. The molecule has 5 fully saturated rings. The topological polar surface area (TPSA) is 52.6 Å². The Labute approximate surface area is 453 Å². The fourth-order valence-electron chi connectivity index (χ4n) is 12.5. The summed E-state index contributed by atoms with van der Waals surface area (Å²) in [5.41, 5.74) is 4.26. The molecule has 5 aliphatic rings. The van der Waals surface area contributed by atoms with Crippen molar-refractivity contribution >= 4 is 165 Å². The summed E-state index contributed by atoms with van der Waals surface area (Å²) in [7, 11) is 0. The van der Waals surface area contributed by atoms with Crippen molar-refractivity contribution in [3.63, 3.8) is 0 Å². The van der Waals surface area contributed by atoms with Crippen LogP contribution in [-0.2, 0) is 19.1 Å². The first-order valence-corrected chi connectivity index (χ1v) is 32.4.